The van der Waals surface area contributed by atoms with Crippen LogP contribution >= 0.6 is 0 Å². The van der Waals surface area contributed by atoms with Crippen LogP contribution in [0, 0.1) is 23.2 Å². The van der Waals surface area contributed by atoms with Gasteiger partial charge in [-0.15, -0.1) is 0 Å². The first kappa shape index (κ1) is 13.6. The molecule has 4 bridgehead atoms. The van der Waals surface area contributed by atoms with E-state index in [4.69, 9.17) is 4.74 Å². The summed E-state index contributed by atoms with van der Waals surface area (Å²) >= 11 is 0. The van der Waals surface area contributed by atoms with Crippen LogP contribution < -0.4 is 4.74 Å². The second-order valence-electron chi connectivity index (χ2n) is 7.63. The molecule has 0 aromatic heterocycles. The van der Waals surface area contributed by atoms with Crippen LogP contribution in [0.15, 0.2) is 30.8 Å². The van der Waals surface area contributed by atoms with Crippen molar-refractivity contribution in [1.29, 1.82) is 0 Å². The first-order valence-electron chi connectivity index (χ1n) is 8.61. The van der Waals surface area contributed by atoms with Gasteiger partial charge < -0.3 is 4.74 Å². The molecule has 4 aliphatic carbocycles. The summed E-state index contributed by atoms with van der Waals surface area (Å²) in [5.41, 5.74) is 3.19. The van der Waals surface area contributed by atoms with E-state index < -0.39 is 0 Å². The highest BCUT2D eigenvalue weighted by Gasteiger charge is 2.52. The Labute approximate surface area is 131 Å². The summed E-state index contributed by atoms with van der Waals surface area (Å²) in [6.07, 6.45) is 9.57. The van der Waals surface area contributed by atoms with Gasteiger partial charge in [0.15, 0.2) is 0 Å². The summed E-state index contributed by atoms with van der Waals surface area (Å²) in [6.45, 7) is 4.56. The number of benzene rings is 1. The standard InChI is InChI=1S/C19H26OSi/c1-13(17-2-4-18(5-3-17)20-12-21)19-9-14-6-15(10-19)8-16(7-14)11-19/h2-5,14-16H,1,6-12H2,21H3. The number of rotatable bonds is 4. The molecule has 0 atom stereocenters. The van der Waals surface area contributed by atoms with Crippen molar-refractivity contribution in [3.05, 3.63) is 36.4 Å². The summed E-state index contributed by atoms with van der Waals surface area (Å²) in [7, 11) is 1.09. The first-order chi connectivity index (χ1) is 10.2. The molecule has 4 fully saturated rings. The van der Waals surface area contributed by atoms with Crippen LogP contribution in [-0.2, 0) is 0 Å². The molecule has 1 aromatic carbocycles. The molecule has 4 saturated carbocycles. The summed E-state index contributed by atoms with van der Waals surface area (Å²) in [4.78, 5) is 0. The Hall–Kier alpha value is -1.02. The van der Waals surface area contributed by atoms with E-state index in [2.05, 4.69) is 30.8 Å². The molecule has 1 nitrogen and oxygen atoms in total. The second-order valence-corrected chi connectivity index (χ2v) is 8.21. The third-order valence-corrected chi connectivity index (χ3v) is 6.48. The van der Waals surface area contributed by atoms with E-state index in [1.54, 1.807) is 0 Å². The Morgan fingerprint density at radius 1 is 1.05 bits per heavy atom. The van der Waals surface area contributed by atoms with Gasteiger partial charge in [0.25, 0.3) is 0 Å². The van der Waals surface area contributed by atoms with Crippen molar-refractivity contribution >= 4 is 15.8 Å². The minimum atomic E-state index is 0.425. The smallest absolute Gasteiger partial charge is 0.118 e. The Morgan fingerprint density at radius 3 is 2.05 bits per heavy atom. The zero-order valence-corrected chi connectivity index (χ0v) is 15.1. The van der Waals surface area contributed by atoms with E-state index in [0.717, 1.165) is 40.0 Å². The van der Waals surface area contributed by atoms with E-state index >= 15 is 0 Å². The van der Waals surface area contributed by atoms with Crippen molar-refractivity contribution in [2.45, 2.75) is 38.5 Å². The van der Waals surface area contributed by atoms with Crippen LogP contribution in [0.2, 0.25) is 0 Å². The molecule has 0 aliphatic heterocycles. The number of hydrogen-bond acceptors (Lipinski definition) is 1. The molecule has 0 unspecified atom stereocenters. The lowest BCUT2D eigenvalue weighted by Gasteiger charge is -2.57. The van der Waals surface area contributed by atoms with Crippen LogP contribution in [-0.4, -0.2) is 16.5 Å². The van der Waals surface area contributed by atoms with E-state index in [1.165, 1.54) is 49.7 Å². The Bertz CT molecular complexity index is 510. The molecule has 112 valence electrons. The summed E-state index contributed by atoms with van der Waals surface area (Å²) in [5, 5.41) is 0. The molecule has 21 heavy (non-hydrogen) atoms. The van der Waals surface area contributed by atoms with Crippen LogP contribution in [0.5, 0.6) is 5.75 Å². The number of hydrogen-bond donors (Lipinski definition) is 0. The SMILES string of the molecule is C=C(c1ccc(OC[SiH3])cc1)C12CC3CC(CC(C3)C1)C2. The molecule has 2 heteroatoms. The summed E-state index contributed by atoms with van der Waals surface area (Å²) < 4.78 is 5.62. The topological polar surface area (TPSA) is 9.23 Å². The van der Waals surface area contributed by atoms with Crippen LogP contribution in [0.25, 0.3) is 5.57 Å². The number of ether oxygens (including phenoxy) is 1. The fourth-order valence-electron chi connectivity index (χ4n) is 5.71. The highest BCUT2D eigenvalue weighted by Crippen LogP contribution is 2.64. The molecule has 0 amide bonds. The highest BCUT2D eigenvalue weighted by atomic mass is 28.1. The predicted octanol–water partition coefficient (Wildman–Crippen LogP) is 3.62. The third kappa shape index (κ3) is 2.28. The van der Waals surface area contributed by atoms with Gasteiger partial charge in [0.2, 0.25) is 0 Å². The molecule has 4 aliphatic rings. The molecule has 5 rings (SSSR count). The minimum absolute atomic E-state index is 0.425. The Kier molecular flexibility index (Phi) is 3.25. The van der Waals surface area contributed by atoms with E-state index in [1.807, 2.05) is 0 Å². The Morgan fingerprint density at radius 2 is 1.57 bits per heavy atom. The van der Waals surface area contributed by atoms with Gasteiger partial charge in [-0.3, -0.25) is 0 Å². The molecular weight excluding hydrogens is 272 g/mol. The van der Waals surface area contributed by atoms with Crippen LogP contribution in [0.1, 0.15) is 44.1 Å². The monoisotopic (exact) mass is 298 g/mol. The fourth-order valence-corrected chi connectivity index (χ4v) is 6.04. The van der Waals surface area contributed by atoms with Gasteiger partial charge in [-0.2, -0.15) is 0 Å². The van der Waals surface area contributed by atoms with E-state index in [-0.39, 0.29) is 0 Å². The average molecular weight is 299 g/mol. The van der Waals surface area contributed by atoms with Gasteiger partial charge in [0, 0.05) is 0 Å². The maximum Gasteiger partial charge on any atom is 0.118 e. The molecule has 0 heterocycles. The van der Waals surface area contributed by atoms with Crippen molar-refractivity contribution in [2.75, 3.05) is 6.23 Å². The minimum Gasteiger partial charge on any atom is -0.498 e. The van der Waals surface area contributed by atoms with Crippen LogP contribution in [0.4, 0.5) is 0 Å². The molecular formula is C19H26OSi. The highest BCUT2D eigenvalue weighted by molar-refractivity contribution is 6.08. The third-order valence-electron chi connectivity index (χ3n) is 6.19. The summed E-state index contributed by atoms with van der Waals surface area (Å²) in [5.74, 6) is 3.97. The Balaban J connectivity index is 1.59. The quantitative estimate of drug-likeness (QED) is 0.772. The maximum absolute atomic E-state index is 5.62. The van der Waals surface area contributed by atoms with E-state index in [0.29, 0.717) is 5.41 Å². The van der Waals surface area contributed by atoms with Gasteiger partial charge >= 0.3 is 0 Å². The normalized spacial score (nSPS) is 36.9. The van der Waals surface area contributed by atoms with Crippen molar-refractivity contribution in [2.24, 2.45) is 23.2 Å². The van der Waals surface area contributed by atoms with Gasteiger partial charge in [0.05, 0.1) is 16.5 Å². The fraction of sp³-hybridized carbons (Fsp3) is 0.579. The average Bonchev–Trinajstić information content (AvgIpc) is 2.46. The lowest BCUT2D eigenvalue weighted by atomic mass is 9.47. The van der Waals surface area contributed by atoms with E-state index in [9.17, 15) is 0 Å². The lowest BCUT2D eigenvalue weighted by molar-refractivity contribution is -0.0176. The molecule has 0 spiro atoms. The van der Waals surface area contributed by atoms with Crippen molar-refractivity contribution in [3.8, 4) is 5.75 Å². The summed E-state index contributed by atoms with van der Waals surface area (Å²) in [6, 6.07) is 8.71. The second kappa shape index (κ2) is 5.01. The molecule has 0 saturated heterocycles. The zero-order chi connectivity index (χ0) is 14.4. The van der Waals surface area contributed by atoms with Crippen LogP contribution in [0.3, 0.4) is 0 Å². The van der Waals surface area contributed by atoms with Crippen molar-refractivity contribution < 1.29 is 4.74 Å². The molecule has 0 N–H and O–H groups in total. The zero-order valence-electron chi connectivity index (χ0n) is 13.1. The predicted molar refractivity (Wildman–Crippen MR) is 91.5 cm³/mol. The van der Waals surface area contributed by atoms with Gasteiger partial charge in [0.1, 0.15) is 5.75 Å². The van der Waals surface area contributed by atoms with Crippen molar-refractivity contribution in [1.82, 2.24) is 0 Å². The first-order valence-corrected chi connectivity index (χ1v) is 10.0. The van der Waals surface area contributed by atoms with Crippen molar-refractivity contribution in [3.63, 3.8) is 0 Å². The molecule has 0 radical (unpaired) electrons. The van der Waals surface area contributed by atoms with Gasteiger partial charge in [-0.1, -0.05) is 18.7 Å². The number of allylic oxidation sites excluding steroid dienone is 1. The largest absolute Gasteiger partial charge is 0.498 e. The van der Waals surface area contributed by atoms with Gasteiger partial charge in [-0.25, -0.2) is 0 Å². The van der Waals surface area contributed by atoms with Gasteiger partial charge in [-0.05, 0) is 85.0 Å². The maximum atomic E-state index is 5.62. The molecule has 1 aromatic rings. The lowest BCUT2D eigenvalue weighted by Crippen LogP contribution is -2.46.